The highest BCUT2D eigenvalue weighted by Crippen LogP contribution is 2.08. The highest BCUT2D eigenvalue weighted by molar-refractivity contribution is 5.99. The highest BCUT2D eigenvalue weighted by Gasteiger charge is 2.09. The third-order valence-corrected chi connectivity index (χ3v) is 2.06. The van der Waals surface area contributed by atoms with Gasteiger partial charge in [0.05, 0.1) is 6.42 Å². The number of carbonyl (C=O) groups is 3. The van der Waals surface area contributed by atoms with Gasteiger partial charge in [-0.25, -0.2) is 0 Å². The second-order valence-corrected chi connectivity index (χ2v) is 3.26. The lowest BCUT2D eigenvalue weighted by atomic mass is 10.0. The fourth-order valence-corrected chi connectivity index (χ4v) is 1.19. The maximum absolute atomic E-state index is 11.5. The zero-order valence-electron chi connectivity index (χ0n) is 8.47. The molecule has 84 valence electrons. The molecule has 1 amide bonds. The van der Waals surface area contributed by atoms with Gasteiger partial charge in [-0.3, -0.25) is 14.4 Å². The Balaban J connectivity index is 2.70. The van der Waals surface area contributed by atoms with Crippen LogP contribution in [0.1, 0.15) is 33.6 Å². The fourth-order valence-electron chi connectivity index (χ4n) is 1.19. The number of hydrogen-bond donors (Lipinski definition) is 2. The van der Waals surface area contributed by atoms with Crippen LogP contribution in [0.3, 0.4) is 0 Å². The number of hydrogen-bond acceptors (Lipinski definition) is 3. The molecule has 3 N–H and O–H groups in total. The van der Waals surface area contributed by atoms with Gasteiger partial charge >= 0.3 is 5.97 Å². The van der Waals surface area contributed by atoms with Gasteiger partial charge in [-0.2, -0.15) is 0 Å². The third-order valence-electron chi connectivity index (χ3n) is 2.06. The van der Waals surface area contributed by atoms with Gasteiger partial charge in [-0.05, 0) is 12.1 Å². The predicted octanol–water partition coefficient (Wildman–Crippen LogP) is 0.833. The molecule has 0 bridgehead atoms. The van der Waals surface area contributed by atoms with E-state index in [1.807, 2.05) is 0 Å². The molecule has 16 heavy (non-hydrogen) atoms. The van der Waals surface area contributed by atoms with E-state index in [2.05, 4.69) is 0 Å². The van der Waals surface area contributed by atoms with Crippen molar-refractivity contribution in [3.63, 3.8) is 0 Å². The minimum absolute atomic E-state index is 0.0503. The first-order valence-electron chi connectivity index (χ1n) is 4.65. The van der Waals surface area contributed by atoms with Gasteiger partial charge in [0.1, 0.15) is 0 Å². The second kappa shape index (κ2) is 5.06. The lowest BCUT2D eigenvalue weighted by Gasteiger charge is -2.00. The van der Waals surface area contributed by atoms with E-state index >= 15 is 0 Å². The monoisotopic (exact) mass is 221 g/mol. The van der Waals surface area contributed by atoms with E-state index in [1.165, 1.54) is 24.3 Å². The number of rotatable bonds is 5. The number of nitrogens with two attached hydrogens (primary N) is 1. The van der Waals surface area contributed by atoms with Gasteiger partial charge in [0.25, 0.3) is 0 Å². The molecule has 0 atom stereocenters. The molecule has 1 aromatic rings. The normalized spacial score (nSPS) is 9.75. The zero-order valence-corrected chi connectivity index (χ0v) is 8.47. The van der Waals surface area contributed by atoms with Crippen molar-refractivity contribution in [1.82, 2.24) is 0 Å². The minimum Gasteiger partial charge on any atom is -0.481 e. The highest BCUT2D eigenvalue weighted by atomic mass is 16.4. The van der Waals surface area contributed by atoms with Gasteiger partial charge in [-0.15, -0.1) is 0 Å². The van der Waals surface area contributed by atoms with Crippen LogP contribution in [0.15, 0.2) is 24.3 Å². The number of ketones is 1. The van der Waals surface area contributed by atoms with E-state index in [4.69, 9.17) is 10.8 Å². The maximum atomic E-state index is 11.5. The molecule has 5 nitrogen and oxygen atoms in total. The Morgan fingerprint density at radius 1 is 1.00 bits per heavy atom. The van der Waals surface area contributed by atoms with Crippen molar-refractivity contribution < 1.29 is 19.5 Å². The van der Waals surface area contributed by atoms with E-state index in [9.17, 15) is 14.4 Å². The van der Waals surface area contributed by atoms with Crippen LogP contribution in [0.2, 0.25) is 0 Å². The topological polar surface area (TPSA) is 97.5 Å². The summed E-state index contributed by atoms with van der Waals surface area (Å²) in [5, 5.41) is 8.41. The van der Waals surface area contributed by atoms with Gasteiger partial charge in [0, 0.05) is 17.5 Å². The first-order chi connectivity index (χ1) is 7.50. The van der Waals surface area contributed by atoms with Crippen LogP contribution >= 0.6 is 0 Å². The van der Waals surface area contributed by atoms with Crippen LogP contribution in [0.25, 0.3) is 0 Å². The first kappa shape index (κ1) is 11.9. The molecule has 0 aliphatic heterocycles. The SMILES string of the molecule is NC(=O)c1ccc(C(=O)CCC(=O)O)cc1. The summed E-state index contributed by atoms with van der Waals surface area (Å²) in [6.07, 6.45) is -0.248. The van der Waals surface area contributed by atoms with Crippen LogP contribution in [-0.4, -0.2) is 22.8 Å². The van der Waals surface area contributed by atoms with Gasteiger partial charge in [0.15, 0.2) is 5.78 Å². The van der Waals surface area contributed by atoms with Crippen molar-refractivity contribution in [1.29, 1.82) is 0 Å². The molecule has 0 fully saturated rings. The molecule has 0 heterocycles. The Morgan fingerprint density at radius 3 is 1.94 bits per heavy atom. The number of amides is 1. The first-order valence-corrected chi connectivity index (χ1v) is 4.65. The molecular weight excluding hydrogens is 210 g/mol. The summed E-state index contributed by atoms with van der Waals surface area (Å²) in [7, 11) is 0. The van der Waals surface area contributed by atoms with Crippen molar-refractivity contribution in [2.24, 2.45) is 5.73 Å². The summed E-state index contributed by atoms with van der Waals surface area (Å²) in [4.78, 5) is 32.5. The third kappa shape index (κ3) is 3.20. The Bertz CT molecular complexity index is 422. The van der Waals surface area contributed by atoms with Crippen LogP contribution in [0.4, 0.5) is 0 Å². The molecule has 0 saturated carbocycles. The van der Waals surface area contributed by atoms with Gasteiger partial charge < -0.3 is 10.8 Å². The maximum Gasteiger partial charge on any atom is 0.303 e. The minimum atomic E-state index is -1.01. The summed E-state index contributed by atoms with van der Waals surface area (Å²) in [5.41, 5.74) is 5.73. The van der Waals surface area contributed by atoms with Crippen molar-refractivity contribution >= 4 is 17.7 Å². The van der Waals surface area contributed by atoms with Crippen molar-refractivity contribution in [2.75, 3.05) is 0 Å². The van der Waals surface area contributed by atoms with Crippen molar-refractivity contribution in [3.05, 3.63) is 35.4 Å². The predicted molar refractivity (Wildman–Crippen MR) is 56.2 cm³/mol. The molecule has 0 unspecified atom stereocenters. The zero-order chi connectivity index (χ0) is 12.1. The van der Waals surface area contributed by atoms with E-state index in [0.29, 0.717) is 11.1 Å². The quantitative estimate of drug-likeness (QED) is 0.719. The van der Waals surface area contributed by atoms with Crippen LogP contribution in [0, 0.1) is 0 Å². The molecule has 0 aliphatic carbocycles. The number of Topliss-reactive ketones (excluding diaryl/α,β-unsaturated/α-hetero) is 1. The Labute approximate surface area is 91.9 Å². The largest absolute Gasteiger partial charge is 0.481 e. The molecule has 0 saturated heterocycles. The van der Waals surface area contributed by atoms with Gasteiger partial charge in [0.2, 0.25) is 5.91 Å². The second-order valence-electron chi connectivity index (χ2n) is 3.26. The summed E-state index contributed by atoms with van der Waals surface area (Å²) < 4.78 is 0. The average Bonchev–Trinajstić information content (AvgIpc) is 2.26. The summed E-state index contributed by atoms with van der Waals surface area (Å²) in [5.74, 6) is -1.84. The molecule has 0 radical (unpaired) electrons. The molecule has 0 spiro atoms. The summed E-state index contributed by atoms with van der Waals surface area (Å²) in [6, 6.07) is 5.81. The van der Waals surface area contributed by atoms with Crippen molar-refractivity contribution in [2.45, 2.75) is 12.8 Å². The van der Waals surface area contributed by atoms with E-state index in [1.54, 1.807) is 0 Å². The van der Waals surface area contributed by atoms with Crippen LogP contribution in [-0.2, 0) is 4.79 Å². The lowest BCUT2D eigenvalue weighted by molar-refractivity contribution is -0.136. The lowest BCUT2D eigenvalue weighted by Crippen LogP contribution is -2.11. The smallest absolute Gasteiger partial charge is 0.303 e. The molecule has 0 aliphatic rings. The molecule has 5 heteroatoms. The number of primary amides is 1. The van der Waals surface area contributed by atoms with E-state index in [0.717, 1.165) is 0 Å². The molecular formula is C11H11NO4. The van der Waals surface area contributed by atoms with Crippen molar-refractivity contribution in [3.8, 4) is 0 Å². The van der Waals surface area contributed by atoms with Gasteiger partial charge in [-0.1, -0.05) is 12.1 Å². The average molecular weight is 221 g/mol. The number of carboxylic acid groups (broad SMARTS) is 1. The summed E-state index contributed by atoms with van der Waals surface area (Å²) >= 11 is 0. The Hall–Kier alpha value is -2.17. The van der Waals surface area contributed by atoms with E-state index < -0.39 is 11.9 Å². The Morgan fingerprint density at radius 2 is 1.50 bits per heavy atom. The van der Waals surface area contributed by atoms with Crippen LogP contribution < -0.4 is 5.73 Å². The van der Waals surface area contributed by atoms with Crippen LogP contribution in [0.5, 0.6) is 0 Å². The fraction of sp³-hybridized carbons (Fsp3) is 0.182. The van der Waals surface area contributed by atoms with E-state index in [-0.39, 0.29) is 18.6 Å². The number of carboxylic acids is 1. The number of aliphatic carboxylic acids is 1. The standard InChI is InChI=1S/C11H11NO4/c12-11(16)8-3-1-7(2-4-8)9(13)5-6-10(14)15/h1-4H,5-6H2,(H2,12,16)(H,14,15). The molecule has 1 aromatic carbocycles. The number of benzene rings is 1. The number of carbonyl (C=O) groups excluding carboxylic acids is 2. The molecule has 1 rings (SSSR count). The summed E-state index contributed by atoms with van der Waals surface area (Å²) in [6.45, 7) is 0. The molecule has 0 aromatic heterocycles. The Kier molecular flexibility index (Phi) is 3.77.